The lowest BCUT2D eigenvalue weighted by Crippen LogP contribution is -2.28. The monoisotopic (exact) mass is 491 g/mol. The smallest absolute Gasteiger partial charge is 0.293 e. The average molecular weight is 492 g/mol. The minimum Gasteiger partial charge on any atom is -0.444 e. The van der Waals surface area contributed by atoms with Crippen molar-refractivity contribution >= 4 is 49.1 Å². The maximum atomic E-state index is 12.8. The van der Waals surface area contributed by atoms with Crippen molar-refractivity contribution in [3.8, 4) is 0 Å². The van der Waals surface area contributed by atoms with Gasteiger partial charge in [0.1, 0.15) is 0 Å². The highest BCUT2D eigenvalue weighted by atomic mass is 79.9. The van der Waals surface area contributed by atoms with Crippen molar-refractivity contribution in [1.82, 2.24) is 0 Å². The van der Waals surface area contributed by atoms with Gasteiger partial charge in [-0.1, -0.05) is 24.3 Å². The molecule has 2 amide bonds. The number of sulfonamides is 1. The number of anilines is 2. The molecule has 3 aromatic rings. The van der Waals surface area contributed by atoms with Crippen LogP contribution in [0.2, 0.25) is 0 Å². The van der Waals surface area contributed by atoms with Gasteiger partial charge in [-0.2, -0.15) is 0 Å². The molecular formula is C20H18BrN3O5S. The average Bonchev–Trinajstić information content (AvgIpc) is 3.13. The van der Waals surface area contributed by atoms with Crippen molar-refractivity contribution in [1.29, 1.82) is 0 Å². The standard InChI is InChI=1S/C20H18BrN3O5S/c1-24(20(26)17-10-11-18(21)29-17)16-5-3-2-4-15(16)19(25)23-14-8-6-13(7-9-14)12-30(22,27)28/h2-11H,12H2,1H3,(H,23,25)(H2,22,27,28). The number of nitrogens with one attached hydrogen (secondary N) is 1. The lowest BCUT2D eigenvalue weighted by Gasteiger charge is -2.19. The first-order chi connectivity index (χ1) is 14.1. The number of amides is 2. The molecule has 0 unspecified atom stereocenters. The summed E-state index contributed by atoms with van der Waals surface area (Å²) in [5, 5.41) is 7.77. The van der Waals surface area contributed by atoms with Crippen molar-refractivity contribution in [2.45, 2.75) is 5.75 Å². The molecule has 3 rings (SSSR count). The third kappa shape index (κ3) is 5.35. The number of rotatable bonds is 6. The number of carbonyl (C=O) groups excluding carboxylic acids is 2. The van der Waals surface area contributed by atoms with Crippen LogP contribution in [-0.2, 0) is 15.8 Å². The minimum atomic E-state index is -3.64. The number of primary sulfonamides is 1. The molecule has 30 heavy (non-hydrogen) atoms. The Hall–Kier alpha value is -2.95. The minimum absolute atomic E-state index is 0.130. The van der Waals surface area contributed by atoms with Crippen LogP contribution in [-0.4, -0.2) is 27.3 Å². The zero-order valence-electron chi connectivity index (χ0n) is 15.8. The molecule has 0 radical (unpaired) electrons. The second-order valence-corrected chi connectivity index (χ2v) is 8.84. The van der Waals surface area contributed by atoms with Gasteiger partial charge in [0.15, 0.2) is 10.4 Å². The summed E-state index contributed by atoms with van der Waals surface area (Å²) in [6, 6.07) is 16.1. The second kappa shape index (κ2) is 8.82. The highest BCUT2D eigenvalue weighted by molar-refractivity contribution is 9.10. The third-order valence-electron chi connectivity index (χ3n) is 4.18. The lowest BCUT2D eigenvalue weighted by atomic mass is 10.1. The summed E-state index contributed by atoms with van der Waals surface area (Å²) in [7, 11) is -2.09. The van der Waals surface area contributed by atoms with Gasteiger partial charge in [0.25, 0.3) is 11.8 Å². The van der Waals surface area contributed by atoms with Crippen LogP contribution in [0.1, 0.15) is 26.5 Å². The van der Waals surface area contributed by atoms with E-state index in [9.17, 15) is 18.0 Å². The summed E-state index contributed by atoms with van der Waals surface area (Å²) in [5.41, 5.74) is 1.66. The van der Waals surface area contributed by atoms with E-state index in [-0.39, 0.29) is 17.1 Å². The summed E-state index contributed by atoms with van der Waals surface area (Å²) >= 11 is 3.16. The van der Waals surface area contributed by atoms with Gasteiger partial charge in [-0.15, -0.1) is 0 Å². The topological polar surface area (TPSA) is 123 Å². The van der Waals surface area contributed by atoms with Crippen LogP contribution in [0.3, 0.4) is 0 Å². The van der Waals surface area contributed by atoms with Crippen LogP contribution in [0, 0.1) is 0 Å². The van der Waals surface area contributed by atoms with E-state index >= 15 is 0 Å². The number of para-hydroxylation sites is 1. The fraction of sp³-hybridized carbons (Fsp3) is 0.100. The summed E-state index contributed by atoms with van der Waals surface area (Å²) < 4.78 is 28.1. The quantitative estimate of drug-likeness (QED) is 0.547. The molecular weight excluding hydrogens is 474 g/mol. The largest absolute Gasteiger partial charge is 0.444 e. The van der Waals surface area contributed by atoms with Crippen molar-refractivity contribution in [3.05, 3.63) is 82.2 Å². The number of hydrogen-bond acceptors (Lipinski definition) is 5. The molecule has 0 fully saturated rings. The van der Waals surface area contributed by atoms with Crippen LogP contribution >= 0.6 is 15.9 Å². The van der Waals surface area contributed by atoms with E-state index in [4.69, 9.17) is 9.56 Å². The van der Waals surface area contributed by atoms with E-state index in [2.05, 4.69) is 21.2 Å². The zero-order valence-corrected chi connectivity index (χ0v) is 18.2. The molecule has 8 nitrogen and oxygen atoms in total. The highest BCUT2D eigenvalue weighted by Crippen LogP contribution is 2.24. The first-order valence-corrected chi connectivity index (χ1v) is 11.2. The van der Waals surface area contributed by atoms with E-state index in [1.54, 1.807) is 61.6 Å². The maximum Gasteiger partial charge on any atom is 0.293 e. The molecule has 0 aliphatic rings. The summed E-state index contributed by atoms with van der Waals surface area (Å²) in [5.74, 6) is -0.997. The molecule has 0 atom stereocenters. The van der Waals surface area contributed by atoms with E-state index in [1.807, 2.05) is 0 Å². The molecule has 0 saturated heterocycles. The van der Waals surface area contributed by atoms with Crippen LogP contribution in [0.4, 0.5) is 11.4 Å². The van der Waals surface area contributed by atoms with Crippen molar-refractivity contribution in [2.75, 3.05) is 17.3 Å². The van der Waals surface area contributed by atoms with Crippen molar-refractivity contribution in [2.24, 2.45) is 5.14 Å². The van der Waals surface area contributed by atoms with Gasteiger partial charge in [0, 0.05) is 12.7 Å². The molecule has 3 N–H and O–H groups in total. The van der Waals surface area contributed by atoms with Crippen molar-refractivity contribution < 1.29 is 22.4 Å². The first-order valence-electron chi connectivity index (χ1n) is 8.67. The van der Waals surface area contributed by atoms with Crippen molar-refractivity contribution in [3.63, 3.8) is 0 Å². The highest BCUT2D eigenvalue weighted by Gasteiger charge is 2.22. The molecule has 0 spiro atoms. The Labute approximate surface area is 181 Å². The van der Waals surface area contributed by atoms with Gasteiger partial charge in [-0.3, -0.25) is 9.59 Å². The van der Waals surface area contributed by atoms with Gasteiger partial charge < -0.3 is 14.6 Å². The molecule has 0 bridgehead atoms. The Balaban J connectivity index is 1.79. The molecule has 2 aromatic carbocycles. The van der Waals surface area contributed by atoms with Gasteiger partial charge in [0.05, 0.1) is 17.0 Å². The SMILES string of the molecule is CN(C(=O)c1ccc(Br)o1)c1ccccc1C(=O)Nc1ccc(CS(N)(=O)=O)cc1. The van der Waals surface area contributed by atoms with Crippen LogP contribution in [0.5, 0.6) is 0 Å². The zero-order chi connectivity index (χ0) is 21.9. The first kappa shape index (κ1) is 21.8. The van der Waals surface area contributed by atoms with Crippen LogP contribution in [0.15, 0.2) is 69.8 Å². The molecule has 10 heteroatoms. The Kier molecular flexibility index (Phi) is 6.40. The van der Waals surface area contributed by atoms with E-state index in [1.165, 1.54) is 11.0 Å². The molecule has 156 valence electrons. The lowest BCUT2D eigenvalue weighted by molar-refractivity contribution is 0.0965. The summed E-state index contributed by atoms with van der Waals surface area (Å²) in [4.78, 5) is 26.8. The summed E-state index contributed by atoms with van der Waals surface area (Å²) in [6.07, 6.45) is 0. The predicted molar refractivity (Wildman–Crippen MR) is 117 cm³/mol. The maximum absolute atomic E-state index is 12.8. The molecule has 0 saturated carbocycles. The number of nitrogens with two attached hydrogens (primary N) is 1. The third-order valence-corrected chi connectivity index (χ3v) is 5.34. The molecule has 0 aliphatic heterocycles. The molecule has 0 aliphatic carbocycles. The number of benzene rings is 2. The van der Waals surface area contributed by atoms with Gasteiger partial charge >= 0.3 is 0 Å². The fourth-order valence-corrected chi connectivity index (χ4v) is 3.74. The van der Waals surface area contributed by atoms with Gasteiger partial charge in [-0.25, -0.2) is 13.6 Å². The normalized spacial score (nSPS) is 11.2. The Morgan fingerprint density at radius 3 is 2.33 bits per heavy atom. The van der Waals surface area contributed by atoms with E-state index < -0.39 is 21.8 Å². The van der Waals surface area contributed by atoms with Gasteiger partial charge in [0.2, 0.25) is 10.0 Å². The molecule has 1 aromatic heterocycles. The number of nitrogens with zero attached hydrogens (tertiary/aromatic N) is 1. The Morgan fingerprint density at radius 2 is 1.73 bits per heavy atom. The fourth-order valence-electron chi connectivity index (χ4n) is 2.78. The Morgan fingerprint density at radius 1 is 1.07 bits per heavy atom. The molecule has 1 heterocycles. The van der Waals surface area contributed by atoms with E-state index in [0.717, 1.165) is 0 Å². The van der Waals surface area contributed by atoms with Crippen LogP contribution < -0.4 is 15.4 Å². The van der Waals surface area contributed by atoms with Crippen LogP contribution in [0.25, 0.3) is 0 Å². The number of hydrogen-bond donors (Lipinski definition) is 2. The summed E-state index contributed by atoms with van der Waals surface area (Å²) in [6.45, 7) is 0. The van der Waals surface area contributed by atoms with E-state index in [0.29, 0.717) is 21.6 Å². The number of furan rings is 1. The van der Waals surface area contributed by atoms with Gasteiger partial charge in [-0.05, 0) is 57.9 Å². The second-order valence-electron chi connectivity index (χ2n) is 6.44. The number of halogens is 1. The Bertz CT molecular complexity index is 1190. The predicted octanol–water partition coefficient (Wildman–Crippen LogP) is 3.36. The number of carbonyl (C=O) groups is 2.